The second-order valence-corrected chi connectivity index (χ2v) is 4.04. The summed E-state index contributed by atoms with van der Waals surface area (Å²) in [4.78, 5) is 23.8. The third-order valence-corrected chi connectivity index (χ3v) is 3.08. The van der Waals surface area contributed by atoms with Gasteiger partial charge in [0.25, 0.3) is 5.91 Å². The number of fused-ring (bicyclic) bond motifs is 2. The van der Waals surface area contributed by atoms with Crippen molar-refractivity contribution in [3.05, 3.63) is 22.1 Å². The molecule has 1 aromatic heterocycles. The van der Waals surface area contributed by atoms with Crippen molar-refractivity contribution in [1.29, 1.82) is 0 Å². The fourth-order valence-corrected chi connectivity index (χ4v) is 2.30. The van der Waals surface area contributed by atoms with E-state index >= 15 is 0 Å². The minimum absolute atomic E-state index is 0.0801. The number of hydrazine groups is 1. The summed E-state index contributed by atoms with van der Waals surface area (Å²) in [5.41, 5.74) is -0.113. The fourth-order valence-electron chi connectivity index (χ4n) is 2.30. The van der Waals surface area contributed by atoms with E-state index in [4.69, 9.17) is 4.74 Å². The predicted octanol–water partition coefficient (Wildman–Crippen LogP) is -0.714. The first-order valence-corrected chi connectivity index (χ1v) is 5.43. The largest absolute Gasteiger partial charge is 0.491 e. The van der Waals surface area contributed by atoms with E-state index in [1.54, 1.807) is 5.01 Å². The van der Waals surface area contributed by atoms with Crippen LogP contribution in [0.1, 0.15) is 16.9 Å². The van der Waals surface area contributed by atoms with E-state index in [-0.39, 0.29) is 22.8 Å². The Morgan fingerprint density at radius 2 is 2.18 bits per heavy atom. The molecule has 0 aromatic carbocycles. The van der Waals surface area contributed by atoms with E-state index in [0.29, 0.717) is 13.2 Å². The summed E-state index contributed by atoms with van der Waals surface area (Å²) >= 11 is 0. The van der Waals surface area contributed by atoms with Gasteiger partial charge in [0.1, 0.15) is 6.67 Å². The van der Waals surface area contributed by atoms with Gasteiger partial charge in [-0.3, -0.25) is 14.6 Å². The topological polar surface area (TPSA) is 67.7 Å². The second kappa shape index (κ2) is 3.56. The van der Waals surface area contributed by atoms with E-state index < -0.39 is 0 Å². The Morgan fingerprint density at radius 3 is 2.94 bits per heavy atom. The number of methoxy groups -OCH3 is 1. The maximum Gasteiger partial charge on any atom is 0.290 e. The Bertz CT molecular complexity index is 539. The van der Waals surface area contributed by atoms with Gasteiger partial charge >= 0.3 is 0 Å². The molecule has 7 heteroatoms. The van der Waals surface area contributed by atoms with Crippen molar-refractivity contribution in [2.45, 2.75) is 13.1 Å². The Hall–Kier alpha value is -1.89. The number of aromatic nitrogens is 2. The Morgan fingerprint density at radius 1 is 1.35 bits per heavy atom. The lowest BCUT2D eigenvalue weighted by atomic mass is 10.3. The Labute approximate surface area is 97.2 Å². The van der Waals surface area contributed by atoms with Crippen LogP contribution in [0, 0.1) is 0 Å². The maximum absolute atomic E-state index is 12.2. The van der Waals surface area contributed by atoms with Crippen LogP contribution in [0.3, 0.4) is 0 Å². The van der Waals surface area contributed by atoms with Gasteiger partial charge in [-0.1, -0.05) is 0 Å². The number of carbonyl (C=O) groups is 1. The molecule has 0 aliphatic carbocycles. The highest BCUT2D eigenvalue weighted by atomic mass is 16.5. The van der Waals surface area contributed by atoms with Crippen LogP contribution >= 0.6 is 0 Å². The highest BCUT2D eigenvalue weighted by Gasteiger charge is 2.36. The number of rotatable bonds is 1. The predicted molar refractivity (Wildman–Crippen MR) is 57.4 cm³/mol. The van der Waals surface area contributed by atoms with E-state index in [1.807, 2.05) is 5.01 Å². The molecule has 1 saturated heterocycles. The van der Waals surface area contributed by atoms with Crippen molar-refractivity contribution in [3.63, 3.8) is 0 Å². The molecule has 0 radical (unpaired) electrons. The molecule has 2 aliphatic rings. The van der Waals surface area contributed by atoms with Crippen LogP contribution in [-0.4, -0.2) is 45.9 Å². The lowest BCUT2D eigenvalue weighted by Crippen LogP contribution is -2.49. The summed E-state index contributed by atoms with van der Waals surface area (Å²) in [7, 11) is 1.39. The van der Waals surface area contributed by atoms with Gasteiger partial charge in [0, 0.05) is 13.1 Å². The second-order valence-electron chi connectivity index (χ2n) is 4.04. The molecule has 17 heavy (non-hydrogen) atoms. The van der Waals surface area contributed by atoms with Crippen LogP contribution in [0.5, 0.6) is 5.75 Å². The minimum atomic E-state index is -0.361. The molecule has 0 atom stereocenters. The number of amides is 1. The van der Waals surface area contributed by atoms with Crippen LogP contribution in [0.2, 0.25) is 0 Å². The van der Waals surface area contributed by atoms with Gasteiger partial charge in [-0.2, -0.15) is 10.1 Å². The van der Waals surface area contributed by atoms with Gasteiger partial charge < -0.3 is 4.74 Å². The fraction of sp³-hybridized carbons (Fsp3) is 0.500. The van der Waals surface area contributed by atoms with Gasteiger partial charge in [0.2, 0.25) is 5.43 Å². The molecule has 7 nitrogen and oxygen atoms in total. The SMILES string of the molecule is COc1c2n(ncc1=O)CN1CCCN1C2=O. The molecule has 1 amide bonds. The normalized spacial score (nSPS) is 19.1. The molecular weight excluding hydrogens is 224 g/mol. The van der Waals surface area contributed by atoms with Crippen LogP contribution in [-0.2, 0) is 6.67 Å². The summed E-state index contributed by atoms with van der Waals surface area (Å²) in [6.07, 6.45) is 2.12. The number of nitrogens with zero attached hydrogens (tertiary/aromatic N) is 4. The Balaban J connectivity index is 2.18. The van der Waals surface area contributed by atoms with Gasteiger partial charge in [0.05, 0.1) is 13.3 Å². The molecule has 90 valence electrons. The summed E-state index contributed by atoms with van der Waals surface area (Å²) in [5.74, 6) is -0.132. The molecule has 2 aliphatic heterocycles. The third kappa shape index (κ3) is 1.35. The lowest BCUT2D eigenvalue weighted by molar-refractivity contribution is -0.0142. The van der Waals surface area contributed by atoms with E-state index in [1.165, 1.54) is 18.0 Å². The maximum atomic E-state index is 12.2. The summed E-state index contributed by atoms with van der Waals surface area (Å²) in [5, 5.41) is 7.55. The van der Waals surface area contributed by atoms with Crippen molar-refractivity contribution in [2.75, 3.05) is 20.2 Å². The first-order chi connectivity index (χ1) is 8.22. The zero-order valence-corrected chi connectivity index (χ0v) is 9.42. The third-order valence-electron chi connectivity index (χ3n) is 3.08. The van der Waals surface area contributed by atoms with E-state index in [9.17, 15) is 9.59 Å². The number of ether oxygens (including phenoxy) is 1. The summed E-state index contributed by atoms with van der Waals surface area (Å²) in [6.45, 7) is 2.00. The summed E-state index contributed by atoms with van der Waals surface area (Å²) in [6, 6.07) is 0. The summed E-state index contributed by atoms with van der Waals surface area (Å²) < 4.78 is 6.54. The van der Waals surface area contributed by atoms with Gasteiger partial charge in [-0.15, -0.1) is 0 Å². The van der Waals surface area contributed by atoms with Gasteiger partial charge in [0.15, 0.2) is 11.4 Å². The molecule has 1 fully saturated rings. The monoisotopic (exact) mass is 236 g/mol. The highest BCUT2D eigenvalue weighted by molar-refractivity contribution is 5.95. The zero-order valence-electron chi connectivity index (χ0n) is 9.42. The minimum Gasteiger partial charge on any atom is -0.491 e. The molecule has 1 aromatic rings. The molecule has 3 rings (SSSR count). The van der Waals surface area contributed by atoms with E-state index in [0.717, 1.165) is 13.0 Å². The van der Waals surface area contributed by atoms with Crippen LogP contribution < -0.4 is 10.2 Å². The first kappa shape index (κ1) is 10.3. The molecular formula is C10H12N4O3. The van der Waals surface area contributed by atoms with Crippen LogP contribution in [0.25, 0.3) is 0 Å². The van der Waals surface area contributed by atoms with Crippen molar-refractivity contribution in [2.24, 2.45) is 0 Å². The first-order valence-electron chi connectivity index (χ1n) is 5.43. The average molecular weight is 236 g/mol. The number of carbonyl (C=O) groups excluding carboxylic acids is 1. The highest BCUT2D eigenvalue weighted by Crippen LogP contribution is 2.24. The molecule has 0 spiro atoms. The Kier molecular flexibility index (Phi) is 2.15. The van der Waals surface area contributed by atoms with Gasteiger partial charge in [-0.05, 0) is 6.42 Å². The molecule has 3 heterocycles. The van der Waals surface area contributed by atoms with Crippen molar-refractivity contribution < 1.29 is 9.53 Å². The average Bonchev–Trinajstić information content (AvgIpc) is 2.78. The number of hydrogen-bond donors (Lipinski definition) is 0. The molecule has 0 unspecified atom stereocenters. The molecule has 0 saturated carbocycles. The quantitative estimate of drug-likeness (QED) is 0.644. The number of hydrogen-bond acceptors (Lipinski definition) is 5. The molecule has 0 N–H and O–H groups in total. The van der Waals surface area contributed by atoms with E-state index in [2.05, 4.69) is 5.10 Å². The standard InChI is InChI=1S/C10H12N4O3/c1-17-9-7(15)5-11-13-6-12-3-2-4-14(12)10(16)8(9)13/h5H,2-4,6H2,1H3. The smallest absolute Gasteiger partial charge is 0.290 e. The molecule has 0 bridgehead atoms. The van der Waals surface area contributed by atoms with Crippen molar-refractivity contribution in [3.8, 4) is 5.75 Å². The van der Waals surface area contributed by atoms with Crippen LogP contribution in [0.4, 0.5) is 0 Å². The van der Waals surface area contributed by atoms with Crippen molar-refractivity contribution >= 4 is 5.91 Å². The van der Waals surface area contributed by atoms with Crippen LogP contribution in [0.15, 0.2) is 11.0 Å². The zero-order chi connectivity index (χ0) is 12.0. The van der Waals surface area contributed by atoms with Crippen molar-refractivity contribution in [1.82, 2.24) is 19.8 Å². The lowest BCUT2D eigenvalue weighted by Gasteiger charge is -2.34. The van der Waals surface area contributed by atoms with Gasteiger partial charge in [-0.25, -0.2) is 4.68 Å².